The number of aromatic nitrogens is 1. The summed E-state index contributed by atoms with van der Waals surface area (Å²) in [6.07, 6.45) is -3.29. The van der Waals surface area contributed by atoms with Gasteiger partial charge in [-0.1, -0.05) is 6.07 Å². The van der Waals surface area contributed by atoms with E-state index in [1.54, 1.807) is 0 Å². The van der Waals surface area contributed by atoms with Gasteiger partial charge in [-0.05, 0) is 48.7 Å². The number of pyridine rings is 1. The largest absolute Gasteiger partial charge is 0.414 e. The van der Waals surface area contributed by atoms with Gasteiger partial charge in [-0.15, -0.1) is 0 Å². The number of fused-ring (bicyclic) bond motifs is 1. The molecular weight excluding hydrogens is 441 g/mol. The molecule has 3 heterocycles. The topological polar surface area (TPSA) is 108 Å². The van der Waals surface area contributed by atoms with E-state index in [-0.39, 0.29) is 41.8 Å². The number of piperidine rings is 1. The van der Waals surface area contributed by atoms with E-state index in [1.807, 2.05) is 5.32 Å². The highest BCUT2D eigenvalue weighted by Gasteiger charge is 2.44. The van der Waals surface area contributed by atoms with E-state index < -0.39 is 41.9 Å². The third-order valence-electron chi connectivity index (χ3n) is 5.71. The van der Waals surface area contributed by atoms with Crippen molar-refractivity contribution >= 4 is 23.6 Å². The summed E-state index contributed by atoms with van der Waals surface area (Å²) in [5.74, 6) is -2.41. The average Bonchev–Trinajstić information content (AvgIpc) is 3.07. The van der Waals surface area contributed by atoms with Crippen LogP contribution in [0.4, 0.5) is 13.2 Å². The molecule has 2 aliphatic heterocycles. The molecule has 2 aromatic rings. The molecule has 2 atom stereocenters. The number of amides is 4. The van der Waals surface area contributed by atoms with Gasteiger partial charge in [-0.25, -0.2) is 0 Å². The average molecular weight is 460 g/mol. The zero-order chi connectivity index (χ0) is 23.9. The highest BCUT2D eigenvalue weighted by Crippen LogP contribution is 2.34. The Morgan fingerprint density at radius 2 is 2.00 bits per heavy atom. The van der Waals surface area contributed by atoms with Gasteiger partial charge in [-0.2, -0.15) is 13.2 Å². The number of aryl methyl sites for hydroxylation is 1. The number of nitrogens with one attached hydrogen (secondary N) is 2. The molecule has 0 bridgehead atoms. The van der Waals surface area contributed by atoms with Gasteiger partial charge in [0.2, 0.25) is 11.8 Å². The Labute approximate surface area is 186 Å². The number of hydrogen-bond acceptors (Lipinski definition) is 5. The molecular formula is C22H19F3N4O4. The number of alkyl halides is 3. The molecule has 1 aromatic heterocycles. The molecule has 1 aromatic carbocycles. The van der Waals surface area contributed by atoms with Gasteiger partial charge >= 0.3 is 6.18 Å². The van der Waals surface area contributed by atoms with Crippen LogP contribution in [-0.2, 0) is 16.1 Å². The van der Waals surface area contributed by atoms with Crippen LogP contribution < -0.4 is 10.6 Å². The van der Waals surface area contributed by atoms with Crippen LogP contribution >= 0.6 is 0 Å². The molecule has 2 N–H and O–H groups in total. The predicted molar refractivity (Wildman–Crippen MR) is 108 cm³/mol. The quantitative estimate of drug-likeness (QED) is 0.680. The van der Waals surface area contributed by atoms with Crippen molar-refractivity contribution in [3.05, 3.63) is 64.5 Å². The first kappa shape index (κ1) is 22.4. The number of imide groups is 1. The number of benzene rings is 1. The predicted octanol–water partition coefficient (Wildman–Crippen LogP) is 2.18. The normalized spacial score (nSPS) is 19.2. The zero-order valence-electron chi connectivity index (χ0n) is 17.4. The molecule has 0 spiro atoms. The summed E-state index contributed by atoms with van der Waals surface area (Å²) < 4.78 is 41.1. The molecule has 2 unspecified atom stereocenters. The first-order chi connectivity index (χ1) is 15.6. The minimum Gasteiger partial charge on any atom is -0.335 e. The maximum Gasteiger partial charge on any atom is 0.414 e. The van der Waals surface area contributed by atoms with Crippen molar-refractivity contribution < 1.29 is 32.3 Å². The molecule has 1 fully saturated rings. The van der Waals surface area contributed by atoms with Crippen molar-refractivity contribution in [1.82, 2.24) is 20.5 Å². The first-order valence-electron chi connectivity index (χ1n) is 10.1. The van der Waals surface area contributed by atoms with Crippen LogP contribution in [0.25, 0.3) is 0 Å². The third-order valence-corrected chi connectivity index (χ3v) is 5.71. The molecule has 1 saturated heterocycles. The molecule has 4 rings (SSSR count). The SMILES string of the molecule is Cc1cccnc1C(NC(=O)c1ccc2c(c1)CN(C1CCC(=O)NC1=O)C2=O)C(F)(F)F. The maximum atomic E-state index is 13.7. The van der Waals surface area contributed by atoms with E-state index in [9.17, 15) is 32.3 Å². The standard InChI is InChI=1S/C22H19F3N4O4/c1-11-3-2-8-26-17(11)18(22(23,24)25)28-19(31)12-4-5-14-13(9-12)10-29(21(14)33)15-6-7-16(30)27-20(15)32/h2-5,8-9,15,18H,6-7,10H2,1H3,(H,28,31)(H,27,30,32). The van der Waals surface area contributed by atoms with E-state index in [2.05, 4.69) is 10.3 Å². The second-order valence-corrected chi connectivity index (χ2v) is 7.93. The van der Waals surface area contributed by atoms with Gasteiger partial charge in [0.05, 0.1) is 5.69 Å². The van der Waals surface area contributed by atoms with Gasteiger partial charge in [0, 0.05) is 30.3 Å². The Hall–Kier alpha value is -3.76. The molecule has 0 aliphatic carbocycles. The van der Waals surface area contributed by atoms with E-state index in [0.717, 1.165) is 0 Å². The molecule has 8 nitrogen and oxygen atoms in total. The molecule has 4 amide bonds. The Kier molecular flexibility index (Phi) is 5.64. The van der Waals surface area contributed by atoms with Crippen LogP contribution in [0.2, 0.25) is 0 Å². The Balaban J connectivity index is 1.56. The van der Waals surface area contributed by atoms with Crippen molar-refractivity contribution in [3.8, 4) is 0 Å². The molecule has 11 heteroatoms. The van der Waals surface area contributed by atoms with Crippen LogP contribution in [0.3, 0.4) is 0 Å². The summed E-state index contributed by atoms with van der Waals surface area (Å²) in [5, 5.41) is 4.18. The van der Waals surface area contributed by atoms with Gasteiger partial charge in [0.1, 0.15) is 6.04 Å². The summed E-state index contributed by atoms with van der Waals surface area (Å²) in [6, 6.07) is 3.79. The van der Waals surface area contributed by atoms with Crippen LogP contribution in [0.5, 0.6) is 0 Å². The van der Waals surface area contributed by atoms with Gasteiger partial charge in [0.15, 0.2) is 6.04 Å². The Morgan fingerprint density at radius 1 is 1.24 bits per heavy atom. The molecule has 172 valence electrons. The van der Waals surface area contributed by atoms with Gasteiger partial charge < -0.3 is 10.2 Å². The summed E-state index contributed by atoms with van der Waals surface area (Å²) in [5.41, 5.74) is 0.576. The van der Waals surface area contributed by atoms with Crippen molar-refractivity contribution in [2.75, 3.05) is 0 Å². The van der Waals surface area contributed by atoms with E-state index in [0.29, 0.717) is 5.56 Å². The van der Waals surface area contributed by atoms with Crippen LogP contribution in [-0.4, -0.2) is 45.7 Å². The lowest BCUT2D eigenvalue weighted by molar-refractivity contribution is -0.156. The lowest BCUT2D eigenvalue weighted by atomic mass is 10.0. The second kappa shape index (κ2) is 8.30. The van der Waals surface area contributed by atoms with Crippen molar-refractivity contribution in [1.29, 1.82) is 0 Å². The highest BCUT2D eigenvalue weighted by molar-refractivity contribution is 6.06. The van der Waals surface area contributed by atoms with E-state index in [1.165, 1.54) is 48.4 Å². The number of hydrogen-bond donors (Lipinski definition) is 2. The van der Waals surface area contributed by atoms with Gasteiger partial charge in [0.25, 0.3) is 11.8 Å². The summed E-state index contributed by atoms with van der Waals surface area (Å²) in [7, 11) is 0. The van der Waals surface area contributed by atoms with Crippen molar-refractivity contribution in [2.45, 2.75) is 44.6 Å². The Bertz CT molecular complexity index is 1160. The number of carbonyl (C=O) groups excluding carboxylic acids is 4. The number of nitrogens with zero attached hydrogens (tertiary/aromatic N) is 2. The molecule has 33 heavy (non-hydrogen) atoms. The molecule has 0 saturated carbocycles. The fraction of sp³-hybridized carbons (Fsp3) is 0.318. The summed E-state index contributed by atoms with van der Waals surface area (Å²) >= 11 is 0. The lowest BCUT2D eigenvalue weighted by Crippen LogP contribution is -2.52. The maximum absolute atomic E-state index is 13.7. The fourth-order valence-corrected chi connectivity index (χ4v) is 4.04. The molecule has 0 radical (unpaired) electrons. The van der Waals surface area contributed by atoms with E-state index in [4.69, 9.17) is 0 Å². The van der Waals surface area contributed by atoms with Crippen LogP contribution in [0, 0.1) is 6.92 Å². The fourth-order valence-electron chi connectivity index (χ4n) is 4.04. The van der Waals surface area contributed by atoms with Crippen molar-refractivity contribution in [3.63, 3.8) is 0 Å². The lowest BCUT2D eigenvalue weighted by Gasteiger charge is -2.29. The smallest absolute Gasteiger partial charge is 0.335 e. The van der Waals surface area contributed by atoms with Gasteiger partial charge in [-0.3, -0.25) is 29.5 Å². The summed E-state index contributed by atoms with van der Waals surface area (Å²) in [6.45, 7) is 1.47. The summed E-state index contributed by atoms with van der Waals surface area (Å²) in [4.78, 5) is 54.0. The minimum absolute atomic E-state index is 0.00358. The van der Waals surface area contributed by atoms with E-state index >= 15 is 0 Å². The zero-order valence-corrected chi connectivity index (χ0v) is 17.4. The second-order valence-electron chi connectivity index (χ2n) is 7.93. The molecule has 2 aliphatic rings. The number of carbonyl (C=O) groups is 4. The Morgan fingerprint density at radius 3 is 2.67 bits per heavy atom. The number of halogens is 3. The van der Waals surface area contributed by atoms with Crippen LogP contribution in [0.1, 0.15) is 56.4 Å². The highest BCUT2D eigenvalue weighted by atomic mass is 19.4. The van der Waals surface area contributed by atoms with Crippen molar-refractivity contribution in [2.24, 2.45) is 0 Å². The third kappa shape index (κ3) is 4.30. The van der Waals surface area contributed by atoms with Crippen LogP contribution in [0.15, 0.2) is 36.5 Å². The minimum atomic E-state index is -4.77. The first-order valence-corrected chi connectivity index (χ1v) is 10.1. The monoisotopic (exact) mass is 460 g/mol. The number of rotatable bonds is 4.